The Labute approximate surface area is 150 Å². The highest BCUT2D eigenvalue weighted by molar-refractivity contribution is 6.30. The standard InChI is InChI=1S/C20H19ClN2O2/c1-12(2)14-5-8-18-15(9-14)10-16(20(25)23-18)11-22-19(24)13-3-6-17(21)7-4-13/h3-10,12H,11H2,1-2H3,(H,22,24)(H,23,25). The van der Waals surface area contributed by atoms with E-state index in [-0.39, 0.29) is 18.0 Å². The number of aromatic amines is 1. The largest absolute Gasteiger partial charge is 0.348 e. The SMILES string of the molecule is CC(C)c1ccc2[nH]c(=O)c(CNC(=O)c3ccc(Cl)cc3)cc2c1. The predicted octanol–water partition coefficient (Wildman–Crippen LogP) is 4.23. The maximum Gasteiger partial charge on any atom is 0.253 e. The monoisotopic (exact) mass is 354 g/mol. The van der Waals surface area contributed by atoms with Gasteiger partial charge in [-0.25, -0.2) is 0 Å². The van der Waals surface area contributed by atoms with Crippen LogP contribution in [-0.4, -0.2) is 10.9 Å². The molecule has 1 heterocycles. The number of benzene rings is 2. The summed E-state index contributed by atoms with van der Waals surface area (Å²) in [6.07, 6.45) is 0. The van der Waals surface area contributed by atoms with Gasteiger partial charge >= 0.3 is 0 Å². The summed E-state index contributed by atoms with van der Waals surface area (Å²) < 4.78 is 0. The maximum absolute atomic E-state index is 12.2. The van der Waals surface area contributed by atoms with Crippen LogP contribution in [0.5, 0.6) is 0 Å². The van der Waals surface area contributed by atoms with Crippen molar-refractivity contribution in [1.82, 2.24) is 10.3 Å². The minimum Gasteiger partial charge on any atom is -0.348 e. The Kier molecular flexibility index (Phi) is 4.91. The van der Waals surface area contributed by atoms with E-state index in [1.165, 1.54) is 5.56 Å². The summed E-state index contributed by atoms with van der Waals surface area (Å²) in [6.45, 7) is 4.42. The molecule has 0 aliphatic heterocycles. The first-order chi connectivity index (χ1) is 11.9. The fourth-order valence-corrected chi connectivity index (χ4v) is 2.77. The molecule has 0 aliphatic rings. The molecule has 2 aromatic carbocycles. The smallest absolute Gasteiger partial charge is 0.253 e. The van der Waals surface area contributed by atoms with Crippen molar-refractivity contribution in [3.63, 3.8) is 0 Å². The van der Waals surface area contributed by atoms with Crippen LogP contribution >= 0.6 is 11.6 Å². The van der Waals surface area contributed by atoms with Crippen molar-refractivity contribution < 1.29 is 4.79 Å². The molecule has 0 aliphatic carbocycles. The number of amides is 1. The molecule has 1 aromatic heterocycles. The Morgan fingerprint density at radius 1 is 1.12 bits per heavy atom. The fourth-order valence-electron chi connectivity index (χ4n) is 2.64. The normalized spacial score (nSPS) is 11.0. The van der Waals surface area contributed by atoms with Gasteiger partial charge in [0, 0.05) is 28.2 Å². The summed E-state index contributed by atoms with van der Waals surface area (Å²) in [6, 6.07) is 14.5. The van der Waals surface area contributed by atoms with Crippen LogP contribution in [0.4, 0.5) is 0 Å². The summed E-state index contributed by atoms with van der Waals surface area (Å²) in [5, 5.41) is 4.31. The summed E-state index contributed by atoms with van der Waals surface area (Å²) in [5.74, 6) is 0.163. The summed E-state index contributed by atoms with van der Waals surface area (Å²) in [5.41, 5.74) is 2.83. The van der Waals surface area contributed by atoms with Crippen LogP contribution < -0.4 is 10.9 Å². The lowest BCUT2D eigenvalue weighted by Crippen LogP contribution is -2.26. The number of aromatic nitrogens is 1. The summed E-state index contributed by atoms with van der Waals surface area (Å²) >= 11 is 5.82. The molecule has 0 saturated heterocycles. The number of carbonyl (C=O) groups is 1. The highest BCUT2D eigenvalue weighted by Gasteiger charge is 2.09. The molecule has 3 rings (SSSR count). The highest BCUT2D eigenvalue weighted by atomic mass is 35.5. The number of nitrogens with one attached hydrogen (secondary N) is 2. The van der Waals surface area contributed by atoms with Crippen molar-refractivity contribution in [2.75, 3.05) is 0 Å². The first kappa shape index (κ1) is 17.2. The first-order valence-corrected chi connectivity index (χ1v) is 8.51. The van der Waals surface area contributed by atoms with E-state index in [9.17, 15) is 9.59 Å². The van der Waals surface area contributed by atoms with Gasteiger partial charge in [-0.15, -0.1) is 0 Å². The number of H-pyrrole nitrogens is 1. The molecule has 4 nitrogen and oxygen atoms in total. The van der Waals surface area contributed by atoms with Crippen molar-refractivity contribution >= 4 is 28.4 Å². The minimum atomic E-state index is -0.243. The molecule has 0 fully saturated rings. The molecule has 0 spiro atoms. The van der Waals surface area contributed by atoms with Gasteiger partial charge in [0.05, 0.1) is 0 Å². The van der Waals surface area contributed by atoms with Crippen molar-refractivity contribution in [2.45, 2.75) is 26.3 Å². The number of carbonyl (C=O) groups excluding carboxylic acids is 1. The van der Waals surface area contributed by atoms with Gasteiger partial charge in [-0.2, -0.15) is 0 Å². The number of pyridine rings is 1. The molecule has 5 heteroatoms. The predicted molar refractivity (Wildman–Crippen MR) is 101 cm³/mol. The summed E-state index contributed by atoms with van der Waals surface area (Å²) in [7, 11) is 0. The Morgan fingerprint density at radius 2 is 1.84 bits per heavy atom. The second kappa shape index (κ2) is 7.11. The van der Waals surface area contributed by atoms with Crippen LogP contribution in [-0.2, 0) is 6.54 Å². The zero-order valence-electron chi connectivity index (χ0n) is 14.1. The van der Waals surface area contributed by atoms with Crippen molar-refractivity contribution in [2.24, 2.45) is 0 Å². The van der Waals surface area contributed by atoms with Crippen LogP contribution in [0.15, 0.2) is 53.3 Å². The fraction of sp³-hybridized carbons (Fsp3) is 0.200. The van der Waals surface area contributed by atoms with E-state index < -0.39 is 0 Å². The quantitative estimate of drug-likeness (QED) is 0.736. The van der Waals surface area contributed by atoms with Crippen molar-refractivity contribution in [3.8, 4) is 0 Å². The van der Waals surface area contributed by atoms with Crippen LogP contribution in [0.25, 0.3) is 10.9 Å². The van der Waals surface area contributed by atoms with E-state index in [1.807, 2.05) is 18.2 Å². The third kappa shape index (κ3) is 3.91. The molecule has 2 N–H and O–H groups in total. The first-order valence-electron chi connectivity index (χ1n) is 8.13. The zero-order valence-corrected chi connectivity index (χ0v) is 14.9. The van der Waals surface area contributed by atoms with Gasteiger partial charge in [-0.3, -0.25) is 9.59 Å². The second-order valence-corrected chi connectivity index (χ2v) is 6.75. The van der Waals surface area contributed by atoms with Gasteiger partial charge in [0.15, 0.2) is 0 Å². The van der Waals surface area contributed by atoms with E-state index in [0.717, 1.165) is 10.9 Å². The van der Waals surface area contributed by atoms with Gasteiger partial charge < -0.3 is 10.3 Å². The van der Waals surface area contributed by atoms with E-state index >= 15 is 0 Å². The third-order valence-electron chi connectivity index (χ3n) is 4.16. The molecule has 0 radical (unpaired) electrons. The minimum absolute atomic E-state index is 0.165. The topological polar surface area (TPSA) is 62.0 Å². The number of hydrogen-bond donors (Lipinski definition) is 2. The Hall–Kier alpha value is -2.59. The Balaban J connectivity index is 1.82. The van der Waals surface area contributed by atoms with Gasteiger partial charge in [-0.05, 0) is 59.3 Å². The van der Waals surface area contributed by atoms with Crippen LogP contribution in [0.1, 0.15) is 41.3 Å². The van der Waals surface area contributed by atoms with Gasteiger partial charge in [0.2, 0.25) is 0 Å². The molecule has 0 bridgehead atoms. The van der Waals surface area contributed by atoms with Gasteiger partial charge in [0.1, 0.15) is 0 Å². The van der Waals surface area contributed by atoms with Crippen molar-refractivity contribution in [3.05, 3.63) is 80.6 Å². The second-order valence-electron chi connectivity index (χ2n) is 6.31. The van der Waals surface area contributed by atoms with E-state index in [4.69, 9.17) is 11.6 Å². The Bertz CT molecular complexity index is 975. The van der Waals surface area contributed by atoms with Gasteiger partial charge in [0.25, 0.3) is 11.5 Å². The molecule has 0 unspecified atom stereocenters. The molecule has 1 amide bonds. The van der Waals surface area contributed by atoms with Crippen LogP contribution in [0.2, 0.25) is 5.02 Å². The number of halogens is 1. The van der Waals surface area contributed by atoms with Crippen molar-refractivity contribution in [1.29, 1.82) is 0 Å². The molecule has 3 aromatic rings. The average Bonchev–Trinajstić information content (AvgIpc) is 2.59. The van der Waals surface area contributed by atoms with Gasteiger partial charge in [-0.1, -0.05) is 31.5 Å². The number of rotatable bonds is 4. The third-order valence-corrected chi connectivity index (χ3v) is 4.41. The molecule has 0 saturated carbocycles. The van der Waals surface area contributed by atoms with E-state index in [1.54, 1.807) is 24.3 Å². The average molecular weight is 355 g/mol. The lowest BCUT2D eigenvalue weighted by Gasteiger charge is -2.09. The zero-order chi connectivity index (χ0) is 18.0. The van der Waals surface area contributed by atoms with Crippen LogP contribution in [0.3, 0.4) is 0 Å². The summed E-state index contributed by atoms with van der Waals surface area (Å²) in [4.78, 5) is 27.3. The number of fused-ring (bicyclic) bond motifs is 1. The molecular weight excluding hydrogens is 336 g/mol. The molecule has 25 heavy (non-hydrogen) atoms. The van der Waals surface area contributed by atoms with E-state index in [0.29, 0.717) is 22.1 Å². The molecule has 0 atom stereocenters. The molecule has 128 valence electrons. The lowest BCUT2D eigenvalue weighted by molar-refractivity contribution is 0.0951. The number of hydrogen-bond acceptors (Lipinski definition) is 2. The lowest BCUT2D eigenvalue weighted by atomic mass is 10.0. The Morgan fingerprint density at radius 3 is 2.52 bits per heavy atom. The van der Waals surface area contributed by atoms with E-state index in [2.05, 4.69) is 30.2 Å². The highest BCUT2D eigenvalue weighted by Crippen LogP contribution is 2.20. The maximum atomic E-state index is 12.2. The van der Waals surface area contributed by atoms with Crippen LogP contribution in [0, 0.1) is 0 Å². The molecular formula is C20H19ClN2O2.